The predicted molar refractivity (Wildman–Crippen MR) is 84.3 cm³/mol. The van der Waals surface area contributed by atoms with Gasteiger partial charge in [0, 0.05) is 36.7 Å². The first-order valence-corrected chi connectivity index (χ1v) is 7.25. The quantitative estimate of drug-likeness (QED) is 0.758. The first-order chi connectivity index (χ1) is 10.1. The summed E-state index contributed by atoms with van der Waals surface area (Å²) in [4.78, 5) is 20.1. The molecule has 1 amide bonds. The number of aryl methyl sites for hydroxylation is 1. The van der Waals surface area contributed by atoms with Crippen molar-refractivity contribution in [3.8, 4) is 0 Å². The molecule has 1 aliphatic rings. The Morgan fingerprint density at radius 2 is 2.38 bits per heavy atom. The van der Waals surface area contributed by atoms with E-state index >= 15 is 0 Å². The van der Waals surface area contributed by atoms with Crippen LogP contribution in [-0.2, 0) is 4.74 Å². The number of aromatic nitrogens is 1. The molecule has 5 nitrogen and oxygen atoms in total. The third-order valence-electron chi connectivity index (χ3n) is 3.53. The van der Waals surface area contributed by atoms with Crippen LogP contribution < -0.4 is 5.32 Å². The lowest BCUT2D eigenvalue weighted by molar-refractivity contribution is 0.0906. The zero-order chi connectivity index (χ0) is 15.4. The van der Waals surface area contributed by atoms with Crippen molar-refractivity contribution in [1.29, 1.82) is 0 Å². The number of ether oxygens (including phenoxy) is 1. The number of allylic oxidation sites excluding steroid dienone is 1. The Morgan fingerprint density at radius 1 is 1.67 bits per heavy atom. The molecule has 1 heterocycles. The van der Waals surface area contributed by atoms with Gasteiger partial charge in [-0.15, -0.1) is 0 Å². The second-order valence-corrected chi connectivity index (χ2v) is 5.52. The summed E-state index contributed by atoms with van der Waals surface area (Å²) in [5.74, 6) is 0.363. The van der Waals surface area contributed by atoms with Crippen LogP contribution in [0.1, 0.15) is 35.8 Å². The monoisotopic (exact) mass is 289 g/mol. The summed E-state index contributed by atoms with van der Waals surface area (Å²) in [6, 6.07) is -0.0446. The van der Waals surface area contributed by atoms with Crippen molar-refractivity contribution in [3.05, 3.63) is 30.1 Å². The summed E-state index contributed by atoms with van der Waals surface area (Å²) in [6.45, 7) is 8.13. The van der Waals surface area contributed by atoms with Gasteiger partial charge in [0.2, 0.25) is 0 Å². The van der Waals surface area contributed by atoms with Crippen molar-refractivity contribution in [2.24, 2.45) is 10.9 Å². The van der Waals surface area contributed by atoms with E-state index in [0.717, 1.165) is 24.2 Å². The average Bonchev–Trinajstić information content (AvgIpc) is 3.21. The topological polar surface area (TPSA) is 66.5 Å². The molecule has 0 spiro atoms. The van der Waals surface area contributed by atoms with Gasteiger partial charge in [-0.05, 0) is 32.8 Å². The van der Waals surface area contributed by atoms with E-state index in [-0.39, 0.29) is 11.9 Å². The molecular weight excluding hydrogens is 266 g/mol. The summed E-state index contributed by atoms with van der Waals surface area (Å²) in [5, 5.41) is 2.91. The number of aliphatic imine (C=N–C) groups is 1. The van der Waals surface area contributed by atoms with Gasteiger partial charge < -0.3 is 15.0 Å². The molecule has 1 unspecified atom stereocenters. The van der Waals surface area contributed by atoms with E-state index in [2.05, 4.69) is 21.9 Å². The van der Waals surface area contributed by atoms with E-state index < -0.39 is 0 Å². The van der Waals surface area contributed by atoms with Crippen molar-refractivity contribution in [1.82, 2.24) is 10.3 Å². The van der Waals surface area contributed by atoms with Gasteiger partial charge in [0.25, 0.3) is 5.91 Å². The molecule has 2 N–H and O–H groups in total. The van der Waals surface area contributed by atoms with Crippen LogP contribution in [0.15, 0.2) is 23.8 Å². The first kappa shape index (κ1) is 15.5. The highest BCUT2D eigenvalue weighted by Crippen LogP contribution is 2.34. The Hall–Kier alpha value is -1.88. The highest BCUT2D eigenvalue weighted by Gasteiger charge is 2.26. The normalized spacial score (nSPS) is 16.6. The highest BCUT2D eigenvalue weighted by atomic mass is 16.5. The number of H-pyrrole nitrogens is 1. The molecule has 2 rings (SSSR count). The van der Waals surface area contributed by atoms with Crippen LogP contribution in [0.3, 0.4) is 0 Å². The van der Waals surface area contributed by atoms with Crippen LogP contribution in [0.2, 0.25) is 0 Å². The van der Waals surface area contributed by atoms with Crippen molar-refractivity contribution in [2.75, 3.05) is 13.7 Å². The molecule has 0 radical (unpaired) electrons. The van der Waals surface area contributed by atoms with Crippen molar-refractivity contribution >= 4 is 17.3 Å². The molecule has 21 heavy (non-hydrogen) atoms. The van der Waals surface area contributed by atoms with Crippen LogP contribution in [0.25, 0.3) is 0 Å². The molecular formula is C16H23N3O2. The number of methoxy groups -OCH3 is 1. The second kappa shape index (κ2) is 6.72. The molecule has 1 aromatic heterocycles. The van der Waals surface area contributed by atoms with Gasteiger partial charge in [0.15, 0.2) is 0 Å². The van der Waals surface area contributed by atoms with Crippen molar-refractivity contribution in [2.45, 2.75) is 32.7 Å². The van der Waals surface area contributed by atoms with Gasteiger partial charge in [-0.25, -0.2) is 0 Å². The molecule has 0 bridgehead atoms. The molecule has 0 aliphatic heterocycles. The SMILES string of the molecule is C=C/C(=N\c1c(C(=O)NC(C)COC)c[nH]c1C)C1CC1. The van der Waals surface area contributed by atoms with Crippen molar-refractivity contribution in [3.63, 3.8) is 0 Å². The Labute approximate surface area is 125 Å². The number of rotatable bonds is 7. The molecule has 5 heteroatoms. The highest BCUT2D eigenvalue weighted by molar-refractivity contribution is 6.04. The molecule has 1 aliphatic carbocycles. The third kappa shape index (κ3) is 3.82. The lowest BCUT2D eigenvalue weighted by Gasteiger charge is -2.12. The number of carbonyl (C=O) groups excluding carboxylic acids is 1. The molecule has 0 aromatic carbocycles. The molecule has 114 valence electrons. The standard InChI is InChI=1S/C16H23N3O2/c1-5-14(12-6-7-12)19-15-11(3)17-8-13(15)16(20)18-10(2)9-21-4/h5,8,10,12,17H,1,6-7,9H2,2-4H3,(H,18,20)/b19-14+. The molecule has 0 saturated heterocycles. The number of hydrogen-bond donors (Lipinski definition) is 2. The van der Waals surface area contributed by atoms with E-state index in [9.17, 15) is 4.79 Å². The molecule has 1 atom stereocenters. The van der Waals surface area contributed by atoms with Gasteiger partial charge in [0.1, 0.15) is 0 Å². The Kier molecular flexibility index (Phi) is 4.96. The second-order valence-electron chi connectivity index (χ2n) is 5.52. The van der Waals surface area contributed by atoms with Gasteiger partial charge in [-0.1, -0.05) is 6.58 Å². The Bertz CT molecular complexity index is 556. The summed E-state index contributed by atoms with van der Waals surface area (Å²) < 4.78 is 5.03. The minimum absolute atomic E-state index is 0.0446. The maximum Gasteiger partial charge on any atom is 0.255 e. The van der Waals surface area contributed by atoms with Crippen LogP contribution in [0, 0.1) is 12.8 Å². The zero-order valence-corrected chi connectivity index (χ0v) is 12.9. The fourth-order valence-corrected chi connectivity index (χ4v) is 2.24. The summed E-state index contributed by atoms with van der Waals surface area (Å²) in [5.41, 5.74) is 3.13. The maximum absolute atomic E-state index is 12.3. The molecule has 1 fully saturated rings. The van der Waals surface area contributed by atoms with Crippen molar-refractivity contribution < 1.29 is 9.53 Å². The lowest BCUT2D eigenvalue weighted by atomic mass is 10.2. The van der Waals surface area contributed by atoms with E-state index in [1.54, 1.807) is 19.4 Å². The number of nitrogens with zero attached hydrogens (tertiary/aromatic N) is 1. The van der Waals surface area contributed by atoms with Gasteiger partial charge in [0.05, 0.1) is 17.9 Å². The maximum atomic E-state index is 12.3. The zero-order valence-electron chi connectivity index (χ0n) is 12.9. The Balaban J connectivity index is 2.21. The lowest BCUT2D eigenvalue weighted by Crippen LogP contribution is -2.35. The van der Waals surface area contributed by atoms with E-state index in [1.165, 1.54) is 0 Å². The van der Waals surface area contributed by atoms with Crippen LogP contribution in [0.4, 0.5) is 5.69 Å². The summed E-state index contributed by atoms with van der Waals surface area (Å²) in [7, 11) is 1.62. The van der Waals surface area contributed by atoms with Crippen LogP contribution >= 0.6 is 0 Å². The summed E-state index contributed by atoms with van der Waals surface area (Å²) >= 11 is 0. The average molecular weight is 289 g/mol. The Morgan fingerprint density at radius 3 is 2.95 bits per heavy atom. The number of hydrogen-bond acceptors (Lipinski definition) is 3. The van der Waals surface area contributed by atoms with Gasteiger partial charge >= 0.3 is 0 Å². The fraction of sp³-hybridized carbons (Fsp3) is 0.500. The minimum atomic E-state index is -0.137. The van der Waals surface area contributed by atoms with Crippen LogP contribution in [0.5, 0.6) is 0 Å². The van der Waals surface area contributed by atoms with E-state index in [0.29, 0.717) is 23.8 Å². The summed E-state index contributed by atoms with van der Waals surface area (Å²) in [6.07, 6.45) is 5.80. The van der Waals surface area contributed by atoms with Gasteiger partial charge in [-0.3, -0.25) is 9.79 Å². The molecule has 1 aromatic rings. The fourth-order valence-electron chi connectivity index (χ4n) is 2.24. The number of nitrogens with one attached hydrogen (secondary N) is 2. The minimum Gasteiger partial charge on any atom is -0.383 e. The number of carbonyl (C=O) groups is 1. The molecule has 1 saturated carbocycles. The van der Waals surface area contributed by atoms with Gasteiger partial charge in [-0.2, -0.15) is 0 Å². The largest absolute Gasteiger partial charge is 0.383 e. The van der Waals surface area contributed by atoms with Crippen LogP contribution in [-0.4, -0.2) is 36.4 Å². The van der Waals surface area contributed by atoms with E-state index in [1.807, 2.05) is 13.8 Å². The number of amides is 1. The van der Waals surface area contributed by atoms with E-state index in [4.69, 9.17) is 4.74 Å². The predicted octanol–water partition coefficient (Wildman–Crippen LogP) is 2.76. The smallest absolute Gasteiger partial charge is 0.255 e. The third-order valence-corrected chi connectivity index (χ3v) is 3.53. The first-order valence-electron chi connectivity index (χ1n) is 7.25. The number of aromatic amines is 1.